The molecule has 11 aromatic carbocycles. The van der Waals surface area contributed by atoms with Crippen LogP contribution in [0.3, 0.4) is 0 Å². The van der Waals surface area contributed by atoms with E-state index in [2.05, 4.69) is 253 Å². The molecule has 1 aliphatic rings. The molecule has 5 aromatic heterocycles. The van der Waals surface area contributed by atoms with Gasteiger partial charge in [0.1, 0.15) is 39.6 Å². The molecule has 0 N–H and O–H groups in total. The summed E-state index contributed by atoms with van der Waals surface area (Å²) in [4.78, 5) is 4.94. The molecule has 83 heavy (non-hydrogen) atoms. The maximum Gasteiger partial charge on any atom is 0.269 e. The summed E-state index contributed by atoms with van der Waals surface area (Å²) >= 11 is 0. The maximum atomic E-state index is 6.94. The van der Waals surface area contributed by atoms with Crippen LogP contribution in [0.25, 0.3) is 150 Å². The van der Waals surface area contributed by atoms with Crippen molar-refractivity contribution < 1.29 is 18.1 Å². The van der Waals surface area contributed by atoms with Gasteiger partial charge in [-0.3, -0.25) is 13.7 Å². The smallest absolute Gasteiger partial charge is 0.269 e. The molecule has 6 heterocycles. The molecule has 17 rings (SSSR count). The van der Waals surface area contributed by atoms with Crippen LogP contribution in [-0.4, -0.2) is 14.1 Å². The van der Waals surface area contributed by atoms with Crippen molar-refractivity contribution in [2.75, 3.05) is 0 Å². The molecular weight excluding hydrogens is 1020 g/mol. The van der Waals surface area contributed by atoms with Gasteiger partial charge in [-0.2, -0.15) is 0 Å². The summed E-state index contributed by atoms with van der Waals surface area (Å²) in [6.45, 7) is 6.72. The van der Waals surface area contributed by atoms with Gasteiger partial charge >= 0.3 is 0 Å². The Morgan fingerprint density at radius 2 is 0.988 bits per heavy atom. The zero-order valence-electron chi connectivity index (χ0n) is 45.7. The van der Waals surface area contributed by atoms with E-state index in [-0.39, 0.29) is 5.41 Å². The minimum atomic E-state index is -0.0420. The van der Waals surface area contributed by atoms with Gasteiger partial charge in [0.15, 0.2) is 0 Å². The van der Waals surface area contributed by atoms with E-state index in [0.29, 0.717) is 5.75 Å². The molecule has 0 saturated carbocycles. The molecule has 0 aliphatic carbocycles. The van der Waals surface area contributed by atoms with Crippen LogP contribution in [-0.2, 0) is 5.41 Å². The highest BCUT2D eigenvalue weighted by Crippen LogP contribution is 2.48. The molecule has 1 aliphatic heterocycles. The molecule has 0 bridgehead atoms. The second kappa shape index (κ2) is 17.9. The highest BCUT2D eigenvalue weighted by Gasteiger charge is 2.28. The Morgan fingerprint density at radius 3 is 1.78 bits per heavy atom. The number of nitrogens with zero attached hydrogens (tertiary/aromatic N) is 4. The number of ether oxygens (including phenoxy) is 1. The highest BCUT2D eigenvalue weighted by atomic mass is 16.5. The minimum absolute atomic E-state index is 0.0420. The van der Waals surface area contributed by atoms with Gasteiger partial charge in [-0.05, 0) is 158 Å². The highest BCUT2D eigenvalue weighted by molar-refractivity contribution is 6.11. The number of pyridine rings is 1. The van der Waals surface area contributed by atoms with E-state index < -0.39 is 0 Å². The molecule has 7 heteroatoms. The van der Waals surface area contributed by atoms with Crippen LogP contribution >= 0.6 is 0 Å². The Kier molecular flexibility index (Phi) is 10.1. The summed E-state index contributed by atoms with van der Waals surface area (Å²) in [5, 5.41) is 6.64. The van der Waals surface area contributed by atoms with E-state index in [4.69, 9.17) is 18.6 Å². The number of para-hydroxylation sites is 5. The Balaban J connectivity index is 0.869. The third kappa shape index (κ3) is 7.37. The summed E-state index contributed by atoms with van der Waals surface area (Å²) in [7, 11) is 0. The first-order valence-electron chi connectivity index (χ1n) is 28.2. The normalized spacial score (nSPS) is 12.3. The second-order valence-electron chi connectivity index (χ2n) is 22.9. The molecule has 0 atom stereocenters. The van der Waals surface area contributed by atoms with Crippen molar-refractivity contribution in [1.82, 2.24) is 14.1 Å². The van der Waals surface area contributed by atoms with Gasteiger partial charge in [-0.1, -0.05) is 166 Å². The van der Waals surface area contributed by atoms with Crippen molar-refractivity contribution in [3.05, 3.63) is 261 Å². The largest absolute Gasteiger partial charge is 0.458 e. The SMILES string of the molecule is CC(C)(C)c1ccnc(-n2c3ccccc3c3ccc(Oc4cccc(-n5[c-][n+]6c7c(cccc75)-c5ccccc5-c5ccc(-c7ccc8oc9ccccc9c8c7)cc5-c5cccc(-c7ccc8oc9ccccc9c8c7)c5-6)c4)cc32)c1. The summed E-state index contributed by atoms with van der Waals surface area (Å²) in [5.41, 5.74) is 21.7. The number of aromatic nitrogens is 4. The topological polar surface area (TPSA) is 62.1 Å². The van der Waals surface area contributed by atoms with Crippen molar-refractivity contribution in [1.29, 1.82) is 0 Å². The van der Waals surface area contributed by atoms with Crippen LogP contribution in [0, 0.1) is 6.33 Å². The zero-order valence-corrected chi connectivity index (χ0v) is 45.7. The Bertz CT molecular complexity index is 5370. The minimum Gasteiger partial charge on any atom is -0.458 e. The fourth-order valence-electron chi connectivity index (χ4n) is 13.0. The van der Waals surface area contributed by atoms with E-state index in [0.717, 1.165) is 155 Å². The van der Waals surface area contributed by atoms with Crippen molar-refractivity contribution in [3.8, 4) is 84.3 Å². The van der Waals surface area contributed by atoms with Gasteiger partial charge < -0.3 is 13.6 Å². The van der Waals surface area contributed by atoms with E-state index in [9.17, 15) is 0 Å². The van der Waals surface area contributed by atoms with Crippen molar-refractivity contribution in [2.45, 2.75) is 26.2 Å². The average molecular weight is 1070 g/mol. The Morgan fingerprint density at radius 1 is 0.410 bits per heavy atom. The van der Waals surface area contributed by atoms with Gasteiger partial charge in [0.2, 0.25) is 0 Å². The second-order valence-corrected chi connectivity index (χ2v) is 22.9. The van der Waals surface area contributed by atoms with Crippen molar-refractivity contribution >= 4 is 76.7 Å². The maximum absolute atomic E-state index is 6.94. The molecule has 0 amide bonds. The standard InChI is InChI=1S/C76H50N4O3/c1-76(2,3)49-37-38-77-73(42-49)80-66-25-9-6-19-57(66)58-34-32-52(44-68(58)80)81-51-16-12-15-50(43-51)78-45-79-74-53(48-31-36-72-65(41-48)60-21-8-11-28-70(60)83-72)22-13-23-62(74)63-39-46(47-30-35-71-64(40-47)59-20-7-10-27-69(59)82-71)29-33-56(63)54-17-4-5-18-55(54)61-24-14-26-67(78)75(61)79/h4-44H,1-3H3. The lowest BCUT2D eigenvalue weighted by molar-refractivity contribution is -0.570. The van der Waals surface area contributed by atoms with Crippen molar-refractivity contribution in [3.63, 3.8) is 0 Å². The third-order valence-corrected chi connectivity index (χ3v) is 17.0. The fraction of sp³-hybridized carbons (Fsp3) is 0.0526. The summed E-state index contributed by atoms with van der Waals surface area (Å²) in [6, 6.07) is 86.5. The van der Waals surface area contributed by atoms with E-state index >= 15 is 0 Å². The third-order valence-electron chi connectivity index (χ3n) is 17.0. The number of imidazole rings is 1. The average Bonchev–Trinajstić information content (AvgIpc) is 2.80. The molecule has 16 aromatic rings. The first-order valence-corrected chi connectivity index (χ1v) is 28.2. The monoisotopic (exact) mass is 1070 g/mol. The van der Waals surface area contributed by atoms with Crippen LogP contribution in [0.4, 0.5) is 0 Å². The van der Waals surface area contributed by atoms with Gasteiger partial charge in [-0.15, -0.1) is 0 Å². The van der Waals surface area contributed by atoms with Crippen LogP contribution in [0.2, 0.25) is 0 Å². The van der Waals surface area contributed by atoms with E-state index in [1.54, 1.807) is 0 Å². The zero-order chi connectivity index (χ0) is 55.1. The lowest BCUT2D eigenvalue weighted by atomic mass is 9.86. The predicted molar refractivity (Wildman–Crippen MR) is 336 cm³/mol. The molecule has 0 saturated heterocycles. The Labute approximate surface area is 477 Å². The number of furan rings is 2. The Hall–Kier alpha value is -10.8. The number of fused-ring (bicyclic) bond motifs is 16. The van der Waals surface area contributed by atoms with Gasteiger partial charge in [0.25, 0.3) is 6.33 Å². The quantitative estimate of drug-likeness (QED) is 0.123. The lowest BCUT2D eigenvalue weighted by Gasteiger charge is -2.20. The number of hydrogen-bond donors (Lipinski definition) is 0. The predicted octanol–water partition coefficient (Wildman–Crippen LogP) is 19.7. The van der Waals surface area contributed by atoms with Gasteiger partial charge in [-0.25, -0.2) is 4.98 Å². The molecule has 0 radical (unpaired) electrons. The van der Waals surface area contributed by atoms with Crippen LogP contribution in [0.15, 0.2) is 258 Å². The molecule has 7 nitrogen and oxygen atoms in total. The van der Waals surface area contributed by atoms with E-state index in [1.165, 1.54) is 5.56 Å². The molecule has 0 fully saturated rings. The van der Waals surface area contributed by atoms with Crippen LogP contribution < -0.4 is 9.30 Å². The van der Waals surface area contributed by atoms with Crippen LogP contribution in [0.1, 0.15) is 26.3 Å². The number of hydrogen-bond acceptors (Lipinski definition) is 4. The molecule has 0 unspecified atom stereocenters. The van der Waals surface area contributed by atoms with Gasteiger partial charge in [0, 0.05) is 44.6 Å². The molecule has 0 spiro atoms. The summed E-state index contributed by atoms with van der Waals surface area (Å²) in [6.07, 6.45) is 5.94. The summed E-state index contributed by atoms with van der Waals surface area (Å²) < 4.78 is 26.4. The first-order chi connectivity index (χ1) is 40.8. The van der Waals surface area contributed by atoms with Crippen LogP contribution in [0.5, 0.6) is 11.5 Å². The fourth-order valence-corrected chi connectivity index (χ4v) is 13.0. The number of benzene rings is 11. The molecular formula is C76H50N4O3. The van der Waals surface area contributed by atoms with E-state index in [1.807, 2.05) is 36.5 Å². The van der Waals surface area contributed by atoms with Gasteiger partial charge in [0.05, 0.1) is 33.4 Å². The summed E-state index contributed by atoms with van der Waals surface area (Å²) in [5.74, 6) is 2.30. The first kappa shape index (κ1) is 47.1. The lowest BCUT2D eigenvalue weighted by Crippen LogP contribution is -2.32. The number of rotatable bonds is 6. The van der Waals surface area contributed by atoms with Crippen molar-refractivity contribution in [2.24, 2.45) is 0 Å². The molecule has 392 valence electrons.